The average molecular weight is 367 g/mol. The molecule has 3 N–H and O–H groups in total. The van der Waals surface area contributed by atoms with Crippen molar-refractivity contribution in [3.8, 4) is 5.75 Å². The van der Waals surface area contributed by atoms with Gasteiger partial charge in [0.2, 0.25) is 0 Å². The van der Waals surface area contributed by atoms with Crippen LogP contribution in [0.4, 0.5) is 0 Å². The molecule has 2 heterocycles. The Morgan fingerprint density at radius 1 is 1.33 bits per heavy atom. The maximum absolute atomic E-state index is 12.3. The van der Waals surface area contributed by atoms with Gasteiger partial charge in [-0.25, -0.2) is 16.3 Å². The fraction of sp³-hybridized carbons (Fsp3) is 0.350. The molecule has 0 saturated carbocycles. The summed E-state index contributed by atoms with van der Waals surface area (Å²) >= 11 is 0. The van der Waals surface area contributed by atoms with Gasteiger partial charge in [0.1, 0.15) is 11.8 Å². The number of para-hydroxylation sites is 1. The van der Waals surface area contributed by atoms with E-state index in [-0.39, 0.29) is 18.0 Å². The number of nitrogens with one attached hydrogen (secondary N) is 3. The highest BCUT2D eigenvalue weighted by atomic mass is 16.5. The summed E-state index contributed by atoms with van der Waals surface area (Å²) in [5, 5.41) is 3.99. The van der Waals surface area contributed by atoms with Gasteiger partial charge in [-0.05, 0) is 25.0 Å². The molecular formula is C20H25N5O2. The normalized spacial score (nSPS) is 19.3. The second-order valence-electron chi connectivity index (χ2n) is 6.39. The van der Waals surface area contributed by atoms with Gasteiger partial charge in [0, 0.05) is 23.5 Å². The van der Waals surface area contributed by atoms with E-state index in [0.29, 0.717) is 13.0 Å². The number of hydrazone groups is 1. The third-order valence-corrected chi connectivity index (χ3v) is 4.34. The van der Waals surface area contributed by atoms with Crippen molar-refractivity contribution in [1.82, 2.24) is 21.3 Å². The van der Waals surface area contributed by atoms with Gasteiger partial charge < -0.3 is 4.74 Å². The maximum Gasteiger partial charge on any atom is 0.258 e. The molecular weight excluding hydrogens is 342 g/mol. The number of hydrogen-bond acceptors (Lipinski definition) is 6. The molecule has 1 amide bonds. The molecule has 7 nitrogen and oxygen atoms in total. The lowest BCUT2D eigenvalue weighted by atomic mass is 10.0. The van der Waals surface area contributed by atoms with E-state index in [1.165, 1.54) is 0 Å². The lowest BCUT2D eigenvalue weighted by molar-refractivity contribution is -0.122. The molecule has 1 aliphatic rings. The summed E-state index contributed by atoms with van der Waals surface area (Å²) in [6.07, 6.45) is 7.66. The number of pyridine rings is 1. The van der Waals surface area contributed by atoms with Crippen molar-refractivity contribution < 1.29 is 9.53 Å². The third kappa shape index (κ3) is 5.35. The number of carbonyl (C=O) groups is 1. The van der Waals surface area contributed by atoms with Crippen LogP contribution >= 0.6 is 0 Å². The van der Waals surface area contributed by atoms with Gasteiger partial charge >= 0.3 is 0 Å². The zero-order valence-electron chi connectivity index (χ0n) is 15.4. The standard InChI is InChI=1S/C20H25N5O2/c1-2-3-11-27-19-9-5-4-8-16(19)17-12-18(24-23-17)20(26)25-22-14-15-7-6-10-21-13-15/h4-10,13-14,17-18,23-24H,2-3,11-12H2,1H3,(H,25,26)/b22-14-. The van der Waals surface area contributed by atoms with E-state index in [4.69, 9.17) is 4.74 Å². The Morgan fingerprint density at radius 2 is 2.22 bits per heavy atom. The van der Waals surface area contributed by atoms with Gasteiger partial charge in [-0.2, -0.15) is 5.10 Å². The van der Waals surface area contributed by atoms with Crippen molar-refractivity contribution in [2.24, 2.45) is 5.10 Å². The summed E-state index contributed by atoms with van der Waals surface area (Å²) in [7, 11) is 0. The Labute approximate surface area is 159 Å². The Hall–Kier alpha value is -2.77. The van der Waals surface area contributed by atoms with Crippen molar-refractivity contribution in [3.05, 3.63) is 59.9 Å². The van der Waals surface area contributed by atoms with Crippen molar-refractivity contribution >= 4 is 12.1 Å². The molecule has 0 radical (unpaired) electrons. The molecule has 0 bridgehead atoms. The molecule has 2 atom stereocenters. The van der Waals surface area contributed by atoms with Crippen LogP contribution in [0.25, 0.3) is 0 Å². The highest BCUT2D eigenvalue weighted by molar-refractivity contribution is 5.84. The van der Waals surface area contributed by atoms with E-state index >= 15 is 0 Å². The Balaban J connectivity index is 1.55. The van der Waals surface area contributed by atoms with E-state index in [9.17, 15) is 4.79 Å². The SMILES string of the molecule is CCCCOc1ccccc1C1CC(C(=O)N/N=C\c2cccnc2)NN1. The van der Waals surface area contributed by atoms with Gasteiger partial charge in [-0.1, -0.05) is 37.6 Å². The summed E-state index contributed by atoms with van der Waals surface area (Å²) in [6, 6.07) is 11.3. The van der Waals surface area contributed by atoms with Gasteiger partial charge in [-0.3, -0.25) is 9.78 Å². The Kier molecular flexibility index (Phi) is 6.90. The molecule has 142 valence electrons. The monoisotopic (exact) mass is 367 g/mol. The molecule has 1 aliphatic heterocycles. The van der Waals surface area contributed by atoms with Crippen LogP contribution in [-0.2, 0) is 4.79 Å². The number of ether oxygens (including phenoxy) is 1. The number of benzene rings is 1. The van der Waals surface area contributed by atoms with E-state index in [2.05, 4.69) is 33.3 Å². The fourth-order valence-electron chi connectivity index (χ4n) is 2.86. The van der Waals surface area contributed by atoms with Gasteiger partial charge in [0.05, 0.1) is 18.9 Å². The van der Waals surface area contributed by atoms with Crippen LogP contribution in [0, 0.1) is 0 Å². The minimum absolute atomic E-state index is 0.000814. The summed E-state index contributed by atoms with van der Waals surface area (Å²) in [4.78, 5) is 16.3. The molecule has 1 fully saturated rings. The fourth-order valence-corrected chi connectivity index (χ4v) is 2.86. The second kappa shape index (κ2) is 9.80. The number of rotatable bonds is 8. The van der Waals surface area contributed by atoms with E-state index in [1.54, 1.807) is 18.6 Å². The lowest BCUT2D eigenvalue weighted by Gasteiger charge is -2.15. The highest BCUT2D eigenvalue weighted by Crippen LogP contribution is 2.30. The Morgan fingerprint density at radius 3 is 3.04 bits per heavy atom. The number of carbonyl (C=O) groups excluding carboxylic acids is 1. The molecule has 1 saturated heterocycles. The maximum atomic E-state index is 12.3. The first-order chi connectivity index (χ1) is 13.3. The first-order valence-electron chi connectivity index (χ1n) is 9.23. The molecule has 0 aliphatic carbocycles. The van der Waals surface area contributed by atoms with Crippen LogP contribution in [0.15, 0.2) is 53.9 Å². The zero-order valence-corrected chi connectivity index (χ0v) is 15.4. The topological polar surface area (TPSA) is 87.6 Å². The minimum atomic E-state index is -0.371. The molecule has 1 aromatic heterocycles. The molecule has 1 aromatic carbocycles. The van der Waals surface area contributed by atoms with Crippen LogP contribution in [0.1, 0.15) is 43.4 Å². The second-order valence-corrected chi connectivity index (χ2v) is 6.39. The van der Waals surface area contributed by atoms with E-state index in [0.717, 1.165) is 29.7 Å². The number of unbranched alkanes of at least 4 members (excludes halogenated alkanes) is 1. The number of aromatic nitrogens is 1. The Bertz CT molecular complexity index is 766. The van der Waals surface area contributed by atoms with Crippen LogP contribution in [-0.4, -0.2) is 29.8 Å². The molecule has 27 heavy (non-hydrogen) atoms. The summed E-state index contributed by atoms with van der Waals surface area (Å²) in [5.41, 5.74) is 10.7. The number of amides is 1. The van der Waals surface area contributed by atoms with Gasteiger partial charge in [-0.15, -0.1) is 0 Å². The summed E-state index contributed by atoms with van der Waals surface area (Å²) < 4.78 is 5.90. The molecule has 0 spiro atoms. The predicted octanol–water partition coefficient (Wildman–Crippen LogP) is 2.32. The third-order valence-electron chi connectivity index (χ3n) is 4.34. The van der Waals surface area contributed by atoms with Crippen molar-refractivity contribution in [1.29, 1.82) is 0 Å². The summed E-state index contributed by atoms with van der Waals surface area (Å²) in [5.74, 6) is 0.676. The first kappa shape index (κ1) is 19.0. The lowest BCUT2D eigenvalue weighted by Crippen LogP contribution is -2.41. The number of hydrazine groups is 1. The predicted molar refractivity (Wildman–Crippen MR) is 104 cm³/mol. The largest absolute Gasteiger partial charge is 0.493 e. The van der Waals surface area contributed by atoms with E-state index < -0.39 is 0 Å². The van der Waals surface area contributed by atoms with Crippen molar-refractivity contribution in [2.45, 2.75) is 38.3 Å². The van der Waals surface area contributed by atoms with Crippen molar-refractivity contribution in [2.75, 3.05) is 6.61 Å². The molecule has 2 unspecified atom stereocenters. The van der Waals surface area contributed by atoms with Crippen LogP contribution in [0.3, 0.4) is 0 Å². The average Bonchev–Trinajstić information content (AvgIpc) is 3.19. The van der Waals surface area contributed by atoms with Crippen LogP contribution in [0.2, 0.25) is 0 Å². The highest BCUT2D eigenvalue weighted by Gasteiger charge is 2.31. The van der Waals surface area contributed by atoms with Gasteiger partial charge in [0.15, 0.2) is 0 Å². The first-order valence-corrected chi connectivity index (χ1v) is 9.23. The smallest absolute Gasteiger partial charge is 0.258 e. The van der Waals surface area contributed by atoms with E-state index in [1.807, 2.05) is 36.4 Å². The zero-order chi connectivity index (χ0) is 18.9. The van der Waals surface area contributed by atoms with Crippen LogP contribution in [0.5, 0.6) is 5.75 Å². The quantitative estimate of drug-likeness (QED) is 0.379. The number of hydrogen-bond donors (Lipinski definition) is 3. The number of nitrogens with zero attached hydrogens (tertiary/aromatic N) is 2. The van der Waals surface area contributed by atoms with Crippen LogP contribution < -0.4 is 21.0 Å². The van der Waals surface area contributed by atoms with Gasteiger partial charge in [0.25, 0.3) is 5.91 Å². The minimum Gasteiger partial charge on any atom is -0.493 e. The molecule has 3 rings (SSSR count). The van der Waals surface area contributed by atoms with Crippen molar-refractivity contribution in [3.63, 3.8) is 0 Å². The summed E-state index contributed by atoms with van der Waals surface area (Å²) in [6.45, 7) is 2.83. The molecule has 2 aromatic rings. The molecule has 7 heteroatoms.